The zero-order chi connectivity index (χ0) is 11.3. The van der Waals surface area contributed by atoms with Crippen LogP contribution in [0.5, 0.6) is 0 Å². The van der Waals surface area contributed by atoms with Gasteiger partial charge in [0.15, 0.2) is 0 Å². The third-order valence-electron chi connectivity index (χ3n) is 1.94. The van der Waals surface area contributed by atoms with Crippen LogP contribution in [0.15, 0.2) is 22.7 Å². The first kappa shape index (κ1) is 12.0. The quantitative estimate of drug-likeness (QED) is 0.707. The maximum atomic E-state index is 10.9. The maximum Gasteiger partial charge on any atom is 0.249 e. The van der Waals surface area contributed by atoms with Crippen LogP contribution in [-0.4, -0.2) is 19.0 Å². The summed E-state index contributed by atoms with van der Waals surface area (Å²) in [7, 11) is 0. The topological polar surface area (TPSA) is 81.1 Å². The van der Waals surface area contributed by atoms with Gasteiger partial charge in [-0.25, -0.2) is 0 Å². The summed E-state index contributed by atoms with van der Waals surface area (Å²) in [5.74, 6) is -0.435. The summed E-state index contributed by atoms with van der Waals surface area (Å²) in [5, 5.41) is 3.19. The Morgan fingerprint density at radius 1 is 1.47 bits per heavy atom. The zero-order valence-corrected chi connectivity index (χ0v) is 9.88. The van der Waals surface area contributed by atoms with Gasteiger partial charge in [-0.15, -0.1) is 0 Å². The molecule has 0 aromatic heterocycles. The minimum absolute atomic E-state index is 0.435. The smallest absolute Gasteiger partial charge is 0.249 e. The van der Waals surface area contributed by atoms with Crippen molar-refractivity contribution in [3.8, 4) is 0 Å². The lowest BCUT2D eigenvalue weighted by molar-refractivity contribution is 0.0999. The number of halogens is 1. The Balaban J connectivity index is 2.69. The van der Waals surface area contributed by atoms with Crippen LogP contribution in [0.4, 0.5) is 5.69 Å². The molecule has 0 spiro atoms. The molecule has 0 aliphatic carbocycles. The van der Waals surface area contributed by atoms with Crippen LogP contribution < -0.4 is 16.8 Å². The van der Waals surface area contributed by atoms with Crippen LogP contribution in [0.2, 0.25) is 0 Å². The number of amides is 1. The van der Waals surface area contributed by atoms with E-state index in [1.807, 2.05) is 12.1 Å². The van der Waals surface area contributed by atoms with Gasteiger partial charge in [0.1, 0.15) is 0 Å². The fourth-order valence-electron chi connectivity index (χ4n) is 1.16. The van der Waals surface area contributed by atoms with Crippen molar-refractivity contribution in [3.05, 3.63) is 28.2 Å². The minimum Gasteiger partial charge on any atom is -0.385 e. The van der Waals surface area contributed by atoms with Crippen molar-refractivity contribution < 1.29 is 4.79 Å². The third kappa shape index (κ3) is 3.53. The van der Waals surface area contributed by atoms with Crippen molar-refractivity contribution >= 4 is 27.5 Å². The molecule has 0 saturated carbocycles. The molecule has 5 heteroatoms. The van der Waals surface area contributed by atoms with Crippen molar-refractivity contribution in [1.82, 2.24) is 0 Å². The van der Waals surface area contributed by atoms with Crippen LogP contribution >= 0.6 is 15.9 Å². The first-order valence-electron chi connectivity index (χ1n) is 4.68. The molecule has 0 aliphatic heterocycles. The summed E-state index contributed by atoms with van der Waals surface area (Å²) in [5.41, 5.74) is 12.0. The monoisotopic (exact) mass is 271 g/mol. The molecule has 0 bridgehead atoms. The number of primary amides is 1. The van der Waals surface area contributed by atoms with E-state index in [4.69, 9.17) is 11.5 Å². The molecule has 0 heterocycles. The summed E-state index contributed by atoms with van der Waals surface area (Å²) < 4.78 is 0.702. The highest BCUT2D eigenvalue weighted by molar-refractivity contribution is 9.10. The van der Waals surface area contributed by atoms with Gasteiger partial charge in [0.05, 0.1) is 5.56 Å². The van der Waals surface area contributed by atoms with Crippen LogP contribution in [0.1, 0.15) is 16.8 Å². The van der Waals surface area contributed by atoms with E-state index >= 15 is 0 Å². The van der Waals surface area contributed by atoms with E-state index in [0.29, 0.717) is 16.6 Å². The predicted molar refractivity (Wildman–Crippen MR) is 64.8 cm³/mol. The van der Waals surface area contributed by atoms with E-state index in [1.165, 1.54) is 0 Å². The van der Waals surface area contributed by atoms with Crippen LogP contribution in [0, 0.1) is 0 Å². The van der Waals surface area contributed by atoms with Crippen molar-refractivity contribution in [2.24, 2.45) is 11.5 Å². The predicted octanol–water partition coefficient (Wildman–Crippen LogP) is 1.31. The van der Waals surface area contributed by atoms with E-state index in [-0.39, 0.29) is 0 Å². The molecule has 4 nitrogen and oxygen atoms in total. The van der Waals surface area contributed by atoms with Crippen LogP contribution in [0.3, 0.4) is 0 Å². The Morgan fingerprint density at radius 2 is 2.20 bits per heavy atom. The number of nitrogens with one attached hydrogen (secondary N) is 1. The fourth-order valence-corrected chi connectivity index (χ4v) is 1.73. The molecule has 1 aromatic rings. The lowest BCUT2D eigenvalue weighted by Gasteiger charge is -2.07. The minimum atomic E-state index is -0.435. The Hall–Kier alpha value is -1.07. The second kappa shape index (κ2) is 5.72. The van der Waals surface area contributed by atoms with Gasteiger partial charge in [0.2, 0.25) is 5.91 Å². The average molecular weight is 272 g/mol. The molecule has 0 saturated heterocycles. The maximum absolute atomic E-state index is 10.9. The van der Waals surface area contributed by atoms with E-state index in [0.717, 1.165) is 18.7 Å². The standard InChI is InChI=1S/C10H14BrN3O/c11-9-6-7(14-5-1-4-12)2-3-8(9)10(13)15/h2-3,6,14H,1,4-5,12H2,(H2,13,15). The van der Waals surface area contributed by atoms with Crippen molar-refractivity contribution in [3.63, 3.8) is 0 Å². The molecule has 0 aliphatic rings. The summed E-state index contributed by atoms with van der Waals surface area (Å²) in [6.45, 7) is 1.48. The van der Waals surface area contributed by atoms with Gasteiger partial charge in [0, 0.05) is 16.7 Å². The normalized spacial score (nSPS) is 10.0. The summed E-state index contributed by atoms with van der Waals surface area (Å²) in [6.07, 6.45) is 0.912. The first-order chi connectivity index (χ1) is 7.15. The highest BCUT2D eigenvalue weighted by Crippen LogP contribution is 2.21. The molecule has 1 rings (SSSR count). The molecule has 0 atom stereocenters. The lowest BCUT2D eigenvalue weighted by Crippen LogP contribution is -2.12. The number of benzene rings is 1. The third-order valence-corrected chi connectivity index (χ3v) is 2.60. The molecule has 82 valence electrons. The summed E-state index contributed by atoms with van der Waals surface area (Å²) in [6, 6.07) is 5.34. The molecule has 0 radical (unpaired) electrons. The van der Waals surface area contributed by atoms with Gasteiger partial charge in [-0.3, -0.25) is 4.79 Å². The Kier molecular flexibility index (Phi) is 4.58. The summed E-state index contributed by atoms with van der Waals surface area (Å²) in [4.78, 5) is 10.9. The number of carbonyl (C=O) groups is 1. The highest BCUT2D eigenvalue weighted by atomic mass is 79.9. The van der Waals surface area contributed by atoms with Crippen LogP contribution in [-0.2, 0) is 0 Å². The number of hydrogen-bond donors (Lipinski definition) is 3. The van der Waals surface area contributed by atoms with E-state index in [9.17, 15) is 4.79 Å². The second-order valence-corrected chi connectivity index (χ2v) is 3.98. The largest absolute Gasteiger partial charge is 0.385 e. The molecular formula is C10H14BrN3O. The number of anilines is 1. The van der Waals surface area contributed by atoms with E-state index in [2.05, 4.69) is 21.2 Å². The molecule has 0 fully saturated rings. The second-order valence-electron chi connectivity index (χ2n) is 3.13. The van der Waals surface area contributed by atoms with Gasteiger partial charge >= 0.3 is 0 Å². The Bertz CT molecular complexity index is 355. The lowest BCUT2D eigenvalue weighted by atomic mass is 10.2. The molecular weight excluding hydrogens is 258 g/mol. The Labute approximate surface area is 97.1 Å². The van der Waals surface area contributed by atoms with Gasteiger partial charge in [0.25, 0.3) is 0 Å². The first-order valence-corrected chi connectivity index (χ1v) is 5.47. The molecule has 5 N–H and O–H groups in total. The summed E-state index contributed by atoms with van der Waals surface area (Å²) >= 11 is 3.29. The van der Waals surface area contributed by atoms with Crippen molar-refractivity contribution in [2.75, 3.05) is 18.4 Å². The number of carbonyl (C=O) groups excluding carboxylic acids is 1. The zero-order valence-electron chi connectivity index (χ0n) is 8.29. The van der Waals surface area contributed by atoms with Gasteiger partial charge in [-0.2, -0.15) is 0 Å². The van der Waals surface area contributed by atoms with Gasteiger partial charge in [-0.1, -0.05) is 0 Å². The number of nitrogens with two attached hydrogens (primary N) is 2. The SMILES string of the molecule is NCCCNc1ccc(C(N)=O)c(Br)c1. The number of hydrogen-bond acceptors (Lipinski definition) is 3. The average Bonchev–Trinajstić information content (AvgIpc) is 2.17. The van der Waals surface area contributed by atoms with Gasteiger partial charge in [-0.05, 0) is 47.1 Å². The molecule has 1 amide bonds. The fraction of sp³-hybridized carbons (Fsp3) is 0.300. The van der Waals surface area contributed by atoms with Crippen molar-refractivity contribution in [1.29, 1.82) is 0 Å². The molecule has 1 aromatic carbocycles. The van der Waals surface area contributed by atoms with E-state index < -0.39 is 5.91 Å². The molecule has 0 unspecified atom stereocenters. The van der Waals surface area contributed by atoms with Crippen LogP contribution in [0.25, 0.3) is 0 Å². The van der Waals surface area contributed by atoms with E-state index in [1.54, 1.807) is 6.07 Å². The Morgan fingerprint density at radius 3 is 2.73 bits per heavy atom. The van der Waals surface area contributed by atoms with Gasteiger partial charge < -0.3 is 16.8 Å². The highest BCUT2D eigenvalue weighted by Gasteiger charge is 2.05. The number of rotatable bonds is 5. The molecule has 15 heavy (non-hydrogen) atoms. The van der Waals surface area contributed by atoms with Crippen molar-refractivity contribution in [2.45, 2.75) is 6.42 Å².